The zero-order valence-electron chi connectivity index (χ0n) is 12.0. The molecule has 2 rings (SSSR count). The summed E-state index contributed by atoms with van der Waals surface area (Å²) >= 11 is 0. The van der Waals surface area contributed by atoms with E-state index in [1.807, 2.05) is 0 Å². The van der Waals surface area contributed by atoms with Gasteiger partial charge in [-0.1, -0.05) is 12.8 Å². The van der Waals surface area contributed by atoms with Gasteiger partial charge in [0, 0.05) is 58.4 Å². The molecule has 0 spiro atoms. The average Bonchev–Trinajstić information content (AvgIpc) is 2.40. The van der Waals surface area contributed by atoms with Crippen LogP contribution in [-0.2, 0) is 0 Å². The highest BCUT2D eigenvalue weighted by Gasteiger charge is 2.28. The molecule has 0 unspecified atom stereocenters. The van der Waals surface area contributed by atoms with Crippen LogP contribution >= 0.6 is 0 Å². The van der Waals surface area contributed by atoms with Gasteiger partial charge in [-0.3, -0.25) is 4.90 Å². The van der Waals surface area contributed by atoms with Crippen molar-refractivity contribution < 1.29 is 5.11 Å². The first-order valence-corrected chi connectivity index (χ1v) is 7.92. The van der Waals surface area contributed by atoms with Gasteiger partial charge in [-0.05, 0) is 12.8 Å². The zero-order valence-corrected chi connectivity index (χ0v) is 12.0. The van der Waals surface area contributed by atoms with Gasteiger partial charge in [0.25, 0.3) is 0 Å². The van der Waals surface area contributed by atoms with Crippen molar-refractivity contribution in [3.05, 3.63) is 0 Å². The fourth-order valence-corrected chi connectivity index (χ4v) is 3.13. The van der Waals surface area contributed by atoms with Crippen molar-refractivity contribution >= 4 is 0 Å². The predicted octanol–water partition coefficient (Wildman–Crippen LogP) is -0.626. The molecular formula is C14H30N4O. The topological polar surface area (TPSA) is 59.6 Å². The Morgan fingerprint density at radius 2 is 1.26 bits per heavy atom. The van der Waals surface area contributed by atoms with Crippen molar-refractivity contribution in [2.24, 2.45) is 0 Å². The Balaban J connectivity index is 1.83. The maximum absolute atomic E-state index is 10.2. The van der Waals surface area contributed by atoms with E-state index in [0.29, 0.717) is 6.04 Å². The summed E-state index contributed by atoms with van der Waals surface area (Å²) in [4.78, 5) is 2.48. The summed E-state index contributed by atoms with van der Waals surface area (Å²) < 4.78 is 0. The van der Waals surface area contributed by atoms with Gasteiger partial charge in [0.1, 0.15) is 0 Å². The van der Waals surface area contributed by atoms with Crippen molar-refractivity contribution in [2.75, 3.05) is 52.4 Å². The van der Waals surface area contributed by atoms with Crippen molar-refractivity contribution in [3.8, 4) is 0 Å². The highest BCUT2D eigenvalue weighted by Crippen LogP contribution is 2.22. The number of hydrogen-bond acceptors (Lipinski definition) is 5. The van der Waals surface area contributed by atoms with E-state index >= 15 is 0 Å². The first-order chi connectivity index (χ1) is 9.38. The van der Waals surface area contributed by atoms with Crippen molar-refractivity contribution in [3.63, 3.8) is 0 Å². The molecule has 2 fully saturated rings. The number of aliphatic hydroxyl groups is 1. The van der Waals surface area contributed by atoms with Crippen LogP contribution in [-0.4, -0.2) is 74.5 Å². The van der Waals surface area contributed by atoms with Crippen LogP contribution in [0.25, 0.3) is 0 Å². The van der Waals surface area contributed by atoms with Crippen molar-refractivity contribution in [2.45, 2.75) is 37.8 Å². The first-order valence-electron chi connectivity index (χ1n) is 7.92. The van der Waals surface area contributed by atoms with Gasteiger partial charge < -0.3 is 21.1 Å². The van der Waals surface area contributed by atoms with Crippen LogP contribution in [0.5, 0.6) is 0 Å². The third-order valence-corrected chi connectivity index (χ3v) is 4.27. The molecule has 0 aromatic rings. The molecule has 0 amide bonds. The molecule has 0 radical (unpaired) electrons. The third-order valence-electron chi connectivity index (χ3n) is 4.27. The average molecular weight is 270 g/mol. The van der Waals surface area contributed by atoms with E-state index in [1.54, 1.807) is 0 Å². The molecule has 1 aliphatic heterocycles. The van der Waals surface area contributed by atoms with Crippen LogP contribution in [0.4, 0.5) is 0 Å². The molecule has 0 aromatic heterocycles. The standard InChI is InChI=1S/C14H30N4O/c19-14-4-2-1-3-13(14)18-11-9-16-7-5-15-6-8-17-10-12-18/h13-17,19H,1-12H2/t13-,14-/m0/s1. The lowest BCUT2D eigenvalue weighted by atomic mass is 9.91. The number of aliphatic hydroxyl groups excluding tert-OH is 1. The molecule has 2 aliphatic rings. The minimum atomic E-state index is -0.122. The van der Waals surface area contributed by atoms with Crippen molar-refractivity contribution in [1.29, 1.82) is 0 Å². The molecule has 1 heterocycles. The predicted molar refractivity (Wildman–Crippen MR) is 78.4 cm³/mol. The molecule has 1 saturated carbocycles. The summed E-state index contributed by atoms with van der Waals surface area (Å²) in [5.41, 5.74) is 0. The summed E-state index contributed by atoms with van der Waals surface area (Å²) in [5.74, 6) is 0. The summed E-state index contributed by atoms with van der Waals surface area (Å²) in [6.45, 7) is 8.26. The molecule has 5 nitrogen and oxygen atoms in total. The first kappa shape index (κ1) is 15.2. The van der Waals surface area contributed by atoms with E-state index in [2.05, 4.69) is 20.9 Å². The van der Waals surface area contributed by atoms with Crippen LogP contribution < -0.4 is 16.0 Å². The quantitative estimate of drug-likeness (QED) is 0.511. The fraction of sp³-hybridized carbons (Fsp3) is 1.00. The number of nitrogens with one attached hydrogen (secondary N) is 3. The summed E-state index contributed by atoms with van der Waals surface area (Å²) in [5, 5.41) is 20.6. The van der Waals surface area contributed by atoms with Crippen LogP contribution in [0, 0.1) is 0 Å². The minimum absolute atomic E-state index is 0.122. The molecule has 2 atom stereocenters. The highest BCUT2D eigenvalue weighted by atomic mass is 16.3. The van der Waals surface area contributed by atoms with Gasteiger partial charge in [0.15, 0.2) is 0 Å². The van der Waals surface area contributed by atoms with Crippen molar-refractivity contribution in [1.82, 2.24) is 20.9 Å². The maximum atomic E-state index is 10.2. The van der Waals surface area contributed by atoms with Gasteiger partial charge in [-0.15, -0.1) is 0 Å². The fourth-order valence-electron chi connectivity index (χ4n) is 3.13. The van der Waals surface area contributed by atoms with E-state index in [-0.39, 0.29) is 6.10 Å². The molecule has 1 aliphatic carbocycles. The molecule has 5 heteroatoms. The summed E-state index contributed by atoms with van der Waals surface area (Å²) in [6.07, 6.45) is 4.47. The minimum Gasteiger partial charge on any atom is -0.391 e. The van der Waals surface area contributed by atoms with Crippen LogP contribution in [0.2, 0.25) is 0 Å². The molecule has 19 heavy (non-hydrogen) atoms. The monoisotopic (exact) mass is 270 g/mol. The van der Waals surface area contributed by atoms with Crippen LogP contribution in [0.1, 0.15) is 25.7 Å². The number of hydrogen-bond donors (Lipinski definition) is 4. The third kappa shape index (κ3) is 5.36. The molecule has 0 bridgehead atoms. The zero-order chi connectivity index (χ0) is 13.3. The maximum Gasteiger partial charge on any atom is 0.0695 e. The molecule has 1 saturated heterocycles. The molecular weight excluding hydrogens is 240 g/mol. The normalized spacial score (nSPS) is 33.3. The van der Waals surface area contributed by atoms with Gasteiger partial charge in [0.05, 0.1) is 6.10 Å². The van der Waals surface area contributed by atoms with Gasteiger partial charge >= 0.3 is 0 Å². The Morgan fingerprint density at radius 1 is 0.737 bits per heavy atom. The molecule has 4 N–H and O–H groups in total. The van der Waals surface area contributed by atoms with Gasteiger partial charge in [-0.25, -0.2) is 0 Å². The van der Waals surface area contributed by atoms with Crippen LogP contribution in [0.15, 0.2) is 0 Å². The number of rotatable bonds is 1. The Bertz CT molecular complexity index is 227. The van der Waals surface area contributed by atoms with Gasteiger partial charge in [0.2, 0.25) is 0 Å². The highest BCUT2D eigenvalue weighted by molar-refractivity contribution is 4.84. The molecule has 112 valence electrons. The Kier molecular flexibility index (Phi) is 7.09. The molecule has 0 aromatic carbocycles. The lowest BCUT2D eigenvalue weighted by Crippen LogP contribution is -2.50. The summed E-state index contributed by atoms with van der Waals surface area (Å²) in [7, 11) is 0. The number of nitrogens with zero attached hydrogens (tertiary/aromatic N) is 1. The van der Waals surface area contributed by atoms with E-state index in [9.17, 15) is 5.11 Å². The second-order valence-electron chi connectivity index (χ2n) is 5.71. The smallest absolute Gasteiger partial charge is 0.0695 e. The second kappa shape index (κ2) is 8.87. The largest absolute Gasteiger partial charge is 0.391 e. The van der Waals surface area contributed by atoms with E-state index in [1.165, 1.54) is 12.8 Å². The van der Waals surface area contributed by atoms with E-state index in [0.717, 1.165) is 65.2 Å². The SMILES string of the molecule is O[C@H]1CCCC[C@@H]1N1CCNCCNCCNCC1. The van der Waals surface area contributed by atoms with Crippen LogP contribution in [0.3, 0.4) is 0 Å². The Morgan fingerprint density at radius 3 is 1.84 bits per heavy atom. The Labute approximate surface area is 117 Å². The van der Waals surface area contributed by atoms with E-state index < -0.39 is 0 Å². The Hall–Kier alpha value is -0.200. The lowest BCUT2D eigenvalue weighted by Gasteiger charge is -2.38. The summed E-state index contributed by atoms with van der Waals surface area (Å²) in [6, 6.07) is 0.374. The van der Waals surface area contributed by atoms with Gasteiger partial charge in [-0.2, -0.15) is 0 Å². The second-order valence-corrected chi connectivity index (χ2v) is 5.71. The van der Waals surface area contributed by atoms with E-state index in [4.69, 9.17) is 0 Å². The lowest BCUT2D eigenvalue weighted by molar-refractivity contribution is 0.0206.